The molecule has 2 aliphatic rings. The maximum atomic E-state index is 13.0. The predicted octanol–water partition coefficient (Wildman–Crippen LogP) is 4.75. The lowest BCUT2D eigenvalue weighted by Crippen LogP contribution is -2.37. The molecule has 0 fully saturated rings. The molecule has 1 aromatic rings. The van der Waals surface area contributed by atoms with Crippen LogP contribution in [0, 0.1) is 5.92 Å². The Labute approximate surface area is 174 Å². The van der Waals surface area contributed by atoms with Gasteiger partial charge in [-0.3, -0.25) is 14.6 Å². The Morgan fingerprint density at radius 2 is 2.04 bits per heavy atom. The molecule has 1 aromatic carbocycles. The zero-order valence-corrected chi connectivity index (χ0v) is 17.5. The standard InChI is InChI=1S/C21H23Cl2NO4/c1-3-27-10-11-28-21(26)17-12(2)24-15-8-5-9-16(25)19(15)18(17)13-6-4-7-14(22)20(13)23/h4,6-7,17-18H,3,5,8-11H2,1-2H3/t17?,18-/m1/s1. The van der Waals surface area contributed by atoms with Crippen molar-refractivity contribution < 1.29 is 19.1 Å². The van der Waals surface area contributed by atoms with Gasteiger partial charge in [0.05, 0.1) is 16.7 Å². The van der Waals surface area contributed by atoms with Crippen molar-refractivity contribution >= 4 is 40.7 Å². The topological polar surface area (TPSA) is 65.0 Å². The summed E-state index contributed by atoms with van der Waals surface area (Å²) >= 11 is 12.7. The molecule has 2 atom stereocenters. The van der Waals surface area contributed by atoms with Gasteiger partial charge in [0.25, 0.3) is 0 Å². The highest BCUT2D eigenvalue weighted by Crippen LogP contribution is 2.46. The SMILES string of the molecule is CCOCCOC(=O)C1C(C)=NC2=C(C(=O)CCC2)[C@@H]1c1cccc(Cl)c1Cl. The summed E-state index contributed by atoms with van der Waals surface area (Å²) in [5.41, 5.74) is 2.58. The van der Waals surface area contributed by atoms with Crippen LogP contribution in [0.25, 0.3) is 0 Å². The lowest BCUT2D eigenvalue weighted by molar-refractivity contribution is -0.148. The van der Waals surface area contributed by atoms with E-state index in [9.17, 15) is 9.59 Å². The maximum Gasteiger partial charge on any atom is 0.315 e. The average Bonchev–Trinajstić information content (AvgIpc) is 2.66. The molecule has 1 heterocycles. The number of Topliss-reactive ketones (excluding diaryl/α,β-unsaturated/α-hetero) is 1. The summed E-state index contributed by atoms with van der Waals surface area (Å²) in [6, 6.07) is 5.27. The summed E-state index contributed by atoms with van der Waals surface area (Å²) in [5, 5.41) is 0.731. The Hall–Kier alpha value is -1.69. The monoisotopic (exact) mass is 423 g/mol. The fraction of sp³-hybridized carbons (Fsp3) is 0.476. The Morgan fingerprint density at radius 1 is 1.25 bits per heavy atom. The number of hydrogen-bond donors (Lipinski definition) is 0. The number of rotatable bonds is 6. The van der Waals surface area contributed by atoms with Crippen molar-refractivity contribution in [3.8, 4) is 0 Å². The minimum absolute atomic E-state index is 0.00524. The first kappa shape index (κ1) is 21.0. The number of aliphatic imine (C=N–C) groups is 1. The molecule has 0 saturated heterocycles. The van der Waals surface area contributed by atoms with E-state index in [0.717, 1.165) is 12.1 Å². The van der Waals surface area contributed by atoms with Crippen LogP contribution in [0.5, 0.6) is 0 Å². The van der Waals surface area contributed by atoms with Gasteiger partial charge in [-0.25, -0.2) is 0 Å². The summed E-state index contributed by atoms with van der Waals surface area (Å²) in [6.45, 7) is 4.68. The van der Waals surface area contributed by atoms with Crippen LogP contribution in [-0.4, -0.2) is 37.3 Å². The van der Waals surface area contributed by atoms with E-state index < -0.39 is 17.8 Å². The molecule has 150 valence electrons. The van der Waals surface area contributed by atoms with Gasteiger partial charge in [0.15, 0.2) is 5.78 Å². The van der Waals surface area contributed by atoms with Crippen LogP contribution in [-0.2, 0) is 19.1 Å². The van der Waals surface area contributed by atoms with Crippen LogP contribution < -0.4 is 0 Å². The largest absolute Gasteiger partial charge is 0.463 e. The Morgan fingerprint density at radius 3 is 2.79 bits per heavy atom. The minimum atomic E-state index is -0.724. The smallest absolute Gasteiger partial charge is 0.315 e. The number of ketones is 1. The van der Waals surface area contributed by atoms with Crippen molar-refractivity contribution in [1.29, 1.82) is 0 Å². The second-order valence-corrected chi connectivity index (χ2v) is 7.64. The van der Waals surface area contributed by atoms with E-state index in [1.165, 1.54) is 0 Å². The van der Waals surface area contributed by atoms with Crippen LogP contribution in [0.3, 0.4) is 0 Å². The quantitative estimate of drug-likeness (QED) is 0.488. The van der Waals surface area contributed by atoms with E-state index in [1.807, 2.05) is 13.0 Å². The molecule has 0 radical (unpaired) electrons. The van der Waals surface area contributed by atoms with Crippen molar-refractivity contribution in [2.24, 2.45) is 10.9 Å². The van der Waals surface area contributed by atoms with E-state index in [-0.39, 0.29) is 12.4 Å². The lowest BCUT2D eigenvalue weighted by Gasteiger charge is -2.35. The van der Waals surface area contributed by atoms with Gasteiger partial charge in [-0.05, 0) is 38.3 Å². The summed E-state index contributed by atoms with van der Waals surface area (Å²) in [7, 11) is 0. The Balaban J connectivity index is 2.03. The van der Waals surface area contributed by atoms with Crippen LogP contribution in [0.4, 0.5) is 0 Å². The zero-order valence-electron chi connectivity index (χ0n) is 16.0. The van der Waals surface area contributed by atoms with Crippen LogP contribution in [0.15, 0.2) is 34.5 Å². The third-order valence-electron chi connectivity index (χ3n) is 5.08. The van der Waals surface area contributed by atoms with Crippen LogP contribution >= 0.6 is 23.2 Å². The van der Waals surface area contributed by atoms with E-state index >= 15 is 0 Å². The number of ether oxygens (including phenoxy) is 2. The van der Waals surface area contributed by atoms with Crippen molar-refractivity contribution in [1.82, 2.24) is 0 Å². The van der Waals surface area contributed by atoms with Crippen molar-refractivity contribution in [2.45, 2.75) is 39.0 Å². The number of carbonyl (C=O) groups excluding carboxylic acids is 2. The molecule has 1 aliphatic heterocycles. The second-order valence-electron chi connectivity index (χ2n) is 6.85. The molecular formula is C21H23Cl2NO4. The molecular weight excluding hydrogens is 401 g/mol. The van der Waals surface area contributed by atoms with Gasteiger partial charge in [-0.15, -0.1) is 0 Å². The van der Waals surface area contributed by atoms with Gasteiger partial charge in [0.1, 0.15) is 12.5 Å². The molecule has 1 unspecified atom stereocenters. The molecule has 3 rings (SSSR count). The molecule has 1 aliphatic carbocycles. The first-order valence-corrected chi connectivity index (χ1v) is 10.2. The van der Waals surface area contributed by atoms with Crippen molar-refractivity contribution in [2.75, 3.05) is 19.8 Å². The molecule has 0 N–H and O–H groups in total. The van der Waals surface area contributed by atoms with E-state index in [2.05, 4.69) is 4.99 Å². The third kappa shape index (κ3) is 4.17. The summed E-state index contributed by atoms with van der Waals surface area (Å²) in [5.74, 6) is -1.71. The fourth-order valence-electron chi connectivity index (χ4n) is 3.84. The molecule has 0 amide bonds. The van der Waals surface area contributed by atoms with E-state index in [4.69, 9.17) is 32.7 Å². The maximum absolute atomic E-state index is 13.0. The minimum Gasteiger partial charge on any atom is -0.463 e. The van der Waals surface area contributed by atoms with Crippen molar-refractivity contribution in [3.63, 3.8) is 0 Å². The number of allylic oxidation sites excluding steroid dienone is 2. The third-order valence-corrected chi connectivity index (χ3v) is 5.91. The highest BCUT2D eigenvalue weighted by Gasteiger charge is 2.44. The van der Waals surface area contributed by atoms with Gasteiger partial charge in [-0.1, -0.05) is 35.3 Å². The Bertz CT molecular complexity index is 847. The molecule has 28 heavy (non-hydrogen) atoms. The van der Waals surface area contributed by atoms with E-state index in [1.54, 1.807) is 19.1 Å². The second kappa shape index (κ2) is 9.21. The van der Waals surface area contributed by atoms with Gasteiger partial charge < -0.3 is 9.47 Å². The predicted molar refractivity (Wildman–Crippen MR) is 109 cm³/mol. The zero-order chi connectivity index (χ0) is 20.3. The molecule has 5 nitrogen and oxygen atoms in total. The summed E-state index contributed by atoms with van der Waals surface area (Å²) in [4.78, 5) is 30.4. The number of esters is 1. The number of hydrogen-bond acceptors (Lipinski definition) is 5. The Kier molecular flexibility index (Phi) is 6.91. The first-order chi connectivity index (χ1) is 13.5. The number of benzene rings is 1. The molecule has 0 saturated carbocycles. The summed E-state index contributed by atoms with van der Waals surface area (Å²) < 4.78 is 10.7. The lowest BCUT2D eigenvalue weighted by atomic mass is 9.71. The normalized spacial score (nSPS) is 22.0. The van der Waals surface area contributed by atoms with Crippen LogP contribution in [0.2, 0.25) is 10.0 Å². The van der Waals surface area contributed by atoms with Gasteiger partial charge >= 0.3 is 5.97 Å². The highest BCUT2D eigenvalue weighted by atomic mass is 35.5. The molecule has 0 spiro atoms. The average molecular weight is 424 g/mol. The molecule has 0 aromatic heterocycles. The first-order valence-electron chi connectivity index (χ1n) is 9.45. The van der Waals surface area contributed by atoms with Gasteiger partial charge in [0, 0.05) is 35.9 Å². The van der Waals surface area contributed by atoms with Crippen LogP contribution in [0.1, 0.15) is 44.6 Å². The van der Waals surface area contributed by atoms with Crippen molar-refractivity contribution in [3.05, 3.63) is 45.1 Å². The van der Waals surface area contributed by atoms with Gasteiger partial charge in [-0.2, -0.15) is 0 Å². The highest BCUT2D eigenvalue weighted by molar-refractivity contribution is 6.42. The number of halogens is 2. The molecule has 0 bridgehead atoms. The molecule has 7 heteroatoms. The summed E-state index contributed by atoms with van der Waals surface area (Å²) in [6.07, 6.45) is 1.90. The van der Waals surface area contributed by atoms with E-state index in [0.29, 0.717) is 52.9 Å². The number of carbonyl (C=O) groups is 2. The number of nitrogens with zero attached hydrogens (tertiary/aromatic N) is 1. The van der Waals surface area contributed by atoms with Gasteiger partial charge in [0.2, 0.25) is 0 Å². The fourth-order valence-corrected chi connectivity index (χ4v) is 4.27.